The zero-order valence-electron chi connectivity index (χ0n) is 11.1. The minimum absolute atomic E-state index is 0.00697. The van der Waals surface area contributed by atoms with Crippen LogP contribution in [0.5, 0.6) is 0 Å². The maximum absolute atomic E-state index is 12.7. The van der Waals surface area contributed by atoms with Crippen LogP contribution in [0.4, 0.5) is 0 Å². The molecule has 0 radical (unpaired) electrons. The molecule has 3 rings (SSSR count). The molecule has 0 spiro atoms. The SMILES string of the molecule is O=C(c1ccccc1Cl)N1CCS[C@H]1c1cccc(Cl)c1. The van der Waals surface area contributed by atoms with Gasteiger partial charge in [-0.1, -0.05) is 47.5 Å². The Morgan fingerprint density at radius 3 is 2.71 bits per heavy atom. The summed E-state index contributed by atoms with van der Waals surface area (Å²) in [6.45, 7) is 0.714. The highest BCUT2D eigenvalue weighted by Gasteiger charge is 2.32. The van der Waals surface area contributed by atoms with Crippen molar-refractivity contribution < 1.29 is 4.79 Å². The molecule has 2 aromatic rings. The van der Waals surface area contributed by atoms with Gasteiger partial charge >= 0.3 is 0 Å². The fourth-order valence-electron chi connectivity index (χ4n) is 2.40. The third-order valence-electron chi connectivity index (χ3n) is 3.39. The van der Waals surface area contributed by atoms with Crippen LogP contribution in [-0.4, -0.2) is 23.1 Å². The van der Waals surface area contributed by atoms with Gasteiger partial charge in [-0.2, -0.15) is 0 Å². The normalized spacial score (nSPS) is 18.0. The zero-order valence-corrected chi connectivity index (χ0v) is 13.5. The molecule has 1 aliphatic heterocycles. The van der Waals surface area contributed by atoms with Crippen molar-refractivity contribution in [3.63, 3.8) is 0 Å². The number of carbonyl (C=O) groups is 1. The molecule has 0 aliphatic carbocycles. The third kappa shape index (κ3) is 3.05. The molecule has 0 unspecified atom stereocenters. The van der Waals surface area contributed by atoms with Crippen LogP contribution >= 0.6 is 35.0 Å². The number of hydrogen-bond acceptors (Lipinski definition) is 2. The summed E-state index contributed by atoms with van der Waals surface area (Å²) in [7, 11) is 0. The molecule has 0 N–H and O–H groups in total. The van der Waals surface area contributed by atoms with E-state index in [9.17, 15) is 4.79 Å². The molecule has 108 valence electrons. The molecule has 1 aliphatic rings. The summed E-state index contributed by atoms with van der Waals surface area (Å²) in [5.41, 5.74) is 1.60. The van der Waals surface area contributed by atoms with Crippen LogP contribution in [0.15, 0.2) is 48.5 Å². The summed E-state index contributed by atoms with van der Waals surface area (Å²) in [6.07, 6.45) is 0. The third-order valence-corrected chi connectivity index (χ3v) is 5.22. The first kappa shape index (κ1) is 14.8. The monoisotopic (exact) mass is 337 g/mol. The van der Waals surface area contributed by atoms with Gasteiger partial charge in [0.2, 0.25) is 0 Å². The maximum atomic E-state index is 12.7. The molecule has 2 nitrogen and oxygen atoms in total. The zero-order chi connectivity index (χ0) is 14.8. The van der Waals surface area contributed by atoms with Crippen LogP contribution in [0.1, 0.15) is 21.3 Å². The lowest BCUT2D eigenvalue weighted by Crippen LogP contribution is -2.30. The Balaban J connectivity index is 1.91. The summed E-state index contributed by atoms with van der Waals surface area (Å²) in [6, 6.07) is 14.8. The molecule has 5 heteroatoms. The number of thioether (sulfide) groups is 1. The molecule has 0 bridgehead atoms. The molecule has 1 atom stereocenters. The number of halogens is 2. The summed E-state index contributed by atoms with van der Waals surface area (Å²) in [5.74, 6) is 0.878. The van der Waals surface area contributed by atoms with Gasteiger partial charge in [0.1, 0.15) is 5.37 Å². The van der Waals surface area contributed by atoms with Crippen LogP contribution in [-0.2, 0) is 0 Å². The average molecular weight is 338 g/mol. The fraction of sp³-hybridized carbons (Fsp3) is 0.188. The molecule has 1 saturated heterocycles. The van der Waals surface area contributed by atoms with Crippen molar-refractivity contribution in [2.75, 3.05) is 12.3 Å². The molecular weight excluding hydrogens is 325 g/mol. The Morgan fingerprint density at radius 1 is 1.14 bits per heavy atom. The van der Waals surface area contributed by atoms with E-state index in [0.717, 1.165) is 11.3 Å². The number of nitrogens with zero attached hydrogens (tertiary/aromatic N) is 1. The van der Waals surface area contributed by atoms with Crippen LogP contribution in [0.25, 0.3) is 0 Å². The van der Waals surface area contributed by atoms with Crippen LogP contribution in [0, 0.1) is 0 Å². The average Bonchev–Trinajstić information content (AvgIpc) is 2.96. The van der Waals surface area contributed by atoms with E-state index in [2.05, 4.69) is 0 Å². The highest BCUT2D eigenvalue weighted by Crippen LogP contribution is 2.39. The second-order valence-electron chi connectivity index (χ2n) is 4.76. The van der Waals surface area contributed by atoms with Gasteiger partial charge in [-0.15, -0.1) is 11.8 Å². The van der Waals surface area contributed by atoms with E-state index in [-0.39, 0.29) is 11.3 Å². The lowest BCUT2D eigenvalue weighted by Gasteiger charge is -2.24. The summed E-state index contributed by atoms with van der Waals surface area (Å²) in [4.78, 5) is 14.6. The molecule has 1 heterocycles. The smallest absolute Gasteiger partial charge is 0.256 e. The molecule has 0 aromatic heterocycles. The number of rotatable bonds is 2. The molecule has 1 amide bonds. The van der Waals surface area contributed by atoms with E-state index in [1.54, 1.807) is 23.9 Å². The van der Waals surface area contributed by atoms with E-state index >= 15 is 0 Å². The number of hydrogen-bond donors (Lipinski definition) is 0. The van der Waals surface area contributed by atoms with Crippen molar-refractivity contribution in [3.05, 3.63) is 69.7 Å². The molecule has 0 saturated carbocycles. The van der Waals surface area contributed by atoms with Gasteiger partial charge in [0.25, 0.3) is 5.91 Å². The van der Waals surface area contributed by atoms with Gasteiger partial charge in [0.05, 0.1) is 10.6 Å². The summed E-state index contributed by atoms with van der Waals surface area (Å²) >= 11 is 13.9. The van der Waals surface area contributed by atoms with E-state index in [4.69, 9.17) is 23.2 Å². The highest BCUT2D eigenvalue weighted by molar-refractivity contribution is 7.99. The van der Waals surface area contributed by atoms with Crippen LogP contribution in [0.2, 0.25) is 10.0 Å². The van der Waals surface area contributed by atoms with Crippen molar-refractivity contribution in [2.45, 2.75) is 5.37 Å². The Hall–Kier alpha value is -1.16. The molecule has 2 aromatic carbocycles. The van der Waals surface area contributed by atoms with Crippen molar-refractivity contribution in [1.29, 1.82) is 0 Å². The van der Waals surface area contributed by atoms with E-state index in [1.165, 1.54) is 0 Å². The van der Waals surface area contributed by atoms with Crippen LogP contribution < -0.4 is 0 Å². The minimum Gasteiger partial charge on any atom is -0.322 e. The standard InChI is InChI=1S/C16H13Cl2NOS/c17-12-5-3-4-11(10-12)16-19(8-9-21-16)15(20)13-6-1-2-7-14(13)18/h1-7,10,16H,8-9H2/t16-/m0/s1. The fourth-order valence-corrected chi connectivity index (χ4v) is 4.06. The summed E-state index contributed by atoms with van der Waals surface area (Å²) < 4.78 is 0. The number of carbonyl (C=O) groups excluding carboxylic acids is 1. The predicted octanol–water partition coefficient (Wildman–Crippen LogP) is 4.88. The Bertz CT molecular complexity index is 677. The molecule has 21 heavy (non-hydrogen) atoms. The van der Waals surface area contributed by atoms with Crippen LogP contribution in [0.3, 0.4) is 0 Å². The lowest BCUT2D eigenvalue weighted by atomic mass is 10.1. The number of benzene rings is 2. The largest absolute Gasteiger partial charge is 0.322 e. The topological polar surface area (TPSA) is 20.3 Å². The Kier molecular flexibility index (Phi) is 4.43. The Morgan fingerprint density at radius 2 is 1.95 bits per heavy atom. The molecular formula is C16H13Cl2NOS. The quantitative estimate of drug-likeness (QED) is 0.778. The van der Waals surface area contributed by atoms with Gasteiger partial charge in [-0.25, -0.2) is 0 Å². The van der Waals surface area contributed by atoms with E-state index in [1.807, 2.05) is 41.3 Å². The van der Waals surface area contributed by atoms with Crippen molar-refractivity contribution in [3.8, 4) is 0 Å². The first-order valence-electron chi connectivity index (χ1n) is 6.59. The minimum atomic E-state index is -0.0319. The Labute approximate surface area is 138 Å². The highest BCUT2D eigenvalue weighted by atomic mass is 35.5. The van der Waals surface area contributed by atoms with E-state index in [0.29, 0.717) is 22.2 Å². The number of amides is 1. The van der Waals surface area contributed by atoms with Gasteiger partial charge in [0, 0.05) is 17.3 Å². The lowest BCUT2D eigenvalue weighted by molar-refractivity contribution is 0.0760. The predicted molar refractivity (Wildman–Crippen MR) is 89.1 cm³/mol. The van der Waals surface area contributed by atoms with Gasteiger partial charge < -0.3 is 4.90 Å². The van der Waals surface area contributed by atoms with Gasteiger partial charge in [0.15, 0.2) is 0 Å². The van der Waals surface area contributed by atoms with Crippen molar-refractivity contribution in [1.82, 2.24) is 4.90 Å². The van der Waals surface area contributed by atoms with Gasteiger partial charge in [-0.05, 0) is 29.8 Å². The first-order valence-corrected chi connectivity index (χ1v) is 8.40. The summed E-state index contributed by atoms with van der Waals surface area (Å²) in [5, 5.41) is 1.17. The van der Waals surface area contributed by atoms with E-state index < -0.39 is 0 Å². The second kappa shape index (κ2) is 6.30. The first-order chi connectivity index (χ1) is 10.2. The van der Waals surface area contributed by atoms with Crippen molar-refractivity contribution >= 4 is 40.9 Å². The van der Waals surface area contributed by atoms with Gasteiger partial charge in [-0.3, -0.25) is 4.79 Å². The maximum Gasteiger partial charge on any atom is 0.256 e. The van der Waals surface area contributed by atoms with Crippen molar-refractivity contribution in [2.24, 2.45) is 0 Å². The molecule has 1 fully saturated rings. The second-order valence-corrected chi connectivity index (χ2v) is 6.79.